The van der Waals surface area contributed by atoms with Crippen LogP contribution in [0, 0.1) is 0 Å². The van der Waals surface area contributed by atoms with Crippen LogP contribution >= 0.6 is 0 Å². The molecule has 2 N–H and O–H groups in total. The van der Waals surface area contributed by atoms with E-state index >= 15 is 0 Å². The average molecular weight is 286 g/mol. The lowest BCUT2D eigenvalue weighted by molar-refractivity contribution is 0.258. The number of hydrogen-bond acceptors (Lipinski definition) is 2. The van der Waals surface area contributed by atoms with Crippen molar-refractivity contribution in [2.75, 3.05) is 13.6 Å². The third-order valence-electron chi connectivity index (χ3n) is 4.42. The first kappa shape index (κ1) is 14.4. The zero-order chi connectivity index (χ0) is 14.7. The van der Waals surface area contributed by atoms with E-state index in [0.717, 1.165) is 19.0 Å². The van der Waals surface area contributed by atoms with Crippen LogP contribution in [-0.2, 0) is 6.54 Å². The number of benzene rings is 1. The van der Waals surface area contributed by atoms with Gasteiger partial charge in [0.15, 0.2) is 5.96 Å². The van der Waals surface area contributed by atoms with Gasteiger partial charge in [0.1, 0.15) is 0 Å². The predicted molar refractivity (Wildman–Crippen MR) is 87.4 cm³/mol. The summed E-state index contributed by atoms with van der Waals surface area (Å²) in [4.78, 5) is 6.89. The van der Waals surface area contributed by atoms with Gasteiger partial charge in [-0.05, 0) is 31.7 Å². The van der Waals surface area contributed by atoms with Crippen molar-refractivity contribution < 1.29 is 0 Å². The molecule has 21 heavy (non-hydrogen) atoms. The number of hydrogen-bond donors (Lipinski definition) is 2. The second kappa shape index (κ2) is 6.48. The first-order valence-electron chi connectivity index (χ1n) is 8.02. The SMILES string of the molecule is CN=C(NC1CC1)NC1CC(C)N(Cc2ccccc2)C1. The Balaban J connectivity index is 1.52. The molecule has 2 atom stereocenters. The van der Waals surface area contributed by atoms with Gasteiger partial charge in [-0.25, -0.2) is 0 Å². The number of nitrogens with one attached hydrogen (secondary N) is 2. The highest BCUT2D eigenvalue weighted by atomic mass is 15.3. The molecule has 4 nitrogen and oxygen atoms in total. The lowest BCUT2D eigenvalue weighted by Gasteiger charge is -2.21. The lowest BCUT2D eigenvalue weighted by atomic mass is 10.2. The van der Waals surface area contributed by atoms with Crippen molar-refractivity contribution in [3.63, 3.8) is 0 Å². The van der Waals surface area contributed by atoms with Crippen molar-refractivity contribution in [1.82, 2.24) is 15.5 Å². The molecule has 1 aromatic rings. The van der Waals surface area contributed by atoms with Crippen molar-refractivity contribution in [3.8, 4) is 0 Å². The highest BCUT2D eigenvalue weighted by molar-refractivity contribution is 5.80. The van der Waals surface area contributed by atoms with Crippen molar-refractivity contribution >= 4 is 5.96 Å². The summed E-state index contributed by atoms with van der Waals surface area (Å²) in [5, 5.41) is 7.05. The van der Waals surface area contributed by atoms with Crippen LogP contribution in [0.1, 0.15) is 31.7 Å². The third kappa shape index (κ3) is 3.97. The van der Waals surface area contributed by atoms with Crippen LogP contribution in [0.25, 0.3) is 0 Å². The summed E-state index contributed by atoms with van der Waals surface area (Å²) in [6.45, 7) is 4.44. The third-order valence-corrected chi connectivity index (χ3v) is 4.42. The Morgan fingerprint density at radius 1 is 1.19 bits per heavy atom. The molecule has 0 aromatic heterocycles. The highest BCUT2D eigenvalue weighted by Crippen LogP contribution is 2.21. The summed E-state index contributed by atoms with van der Waals surface area (Å²) in [5.41, 5.74) is 1.39. The van der Waals surface area contributed by atoms with Crippen molar-refractivity contribution in [2.24, 2.45) is 4.99 Å². The van der Waals surface area contributed by atoms with E-state index in [1.807, 2.05) is 7.05 Å². The van der Waals surface area contributed by atoms with Crippen LogP contribution < -0.4 is 10.6 Å². The van der Waals surface area contributed by atoms with E-state index in [-0.39, 0.29) is 0 Å². The maximum absolute atomic E-state index is 4.34. The molecule has 2 aliphatic rings. The summed E-state index contributed by atoms with van der Waals surface area (Å²) < 4.78 is 0. The Bertz CT molecular complexity index is 481. The summed E-state index contributed by atoms with van der Waals surface area (Å²) in [6.07, 6.45) is 3.74. The summed E-state index contributed by atoms with van der Waals surface area (Å²) in [5.74, 6) is 0.969. The van der Waals surface area contributed by atoms with Crippen LogP contribution in [0.4, 0.5) is 0 Å². The van der Waals surface area contributed by atoms with Crippen LogP contribution in [0.3, 0.4) is 0 Å². The van der Waals surface area contributed by atoms with E-state index in [4.69, 9.17) is 0 Å². The molecule has 1 saturated carbocycles. The van der Waals surface area contributed by atoms with E-state index in [1.54, 1.807) is 0 Å². The first-order chi connectivity index (χ1) is 10.2. The molecule has 1 aromatic carbocycles. The molecule has 114 valence electrons. The monoisotopic (exact) mass is 286 g/mol. The van der Waals surface area contributed by atoms with Gasteiger partial charge in [0, 0.05) is 38.3 Å². The molecule has 1 aliphatic carbocycles. The van der Waals surface area contributed by atoms with E-state index in [1.165, 1.54) is 24.8 Å². The van der Waals surface area contributed by atoms with E-state index in [2.05, 4.69) is 57.8 Å². The molecule has 1 aliphatic heterocycles. The van der Waals surface area contributed by atoms with Gasteiger partial charge in [0.05, 0.1) is 0 Å². The summed E-state index contributed by atoms with van der Waals surface area (Å²) in [7, 11) is 1.86. The van der Waals surface area contributed by atoms with Gasteiger partial charge in [-0.3, -0.25) is 9.89 Å². The van der Waals surface area contributed by atoms with Gasteiger partial charge in [-0.2, -0.15) is 0 Å². The summed E-state index contributed by atoms with van der Waals surface area (Å²) >= 11 is 0. The normalized spacial score (nSPS) is 26.9. The predicted octanol–water partition coefficient (Wildman–Crippen LogP) is 1.98. The summed E-state index contributed by atoms with van der Waals surface area (Å²) in [6, 6.07) is 12.5. The van der Waals surface area contributed by atoms with Gasteiger partial charge in [-0.15, -0.1) is 0 Å². The Labute approximate surface area is 127 Å². The van der Waals surface area contributed by atoms with Crippen LogP contribution in [0.5, 0.6) is 0 Å². The Kier molecular flexibility index (Phi) is 4.44. The zero-order valence-corrected chi connectivity index (χ0v) is 13.0. The molecule has 0 radical (unpaired) electrons. The molecule has 1 saturated heterocycles. The minimum atomic E-state index is 0.494. The van der Waals surface area contributed by atoms with Gasteiger partial charge in [-0.1, -0.05) is 30.3 Å². The second-order valence-corrected chi connectivity index (χ2v) is 6.33. The average Bonchev–Trinajstić information content (AvgIpc) is 3.24. The fourth-order valence-corrected chi connectivity index (χ4v) is 3.03. The Morgan fingerprint density at radius 2 is 1.90 bits per heavy atom. The van der Waals surface area contributed by atoms with E-state index in [0.29, 0.717) is 18.1 Å². The van der Waals surface area contributed by atoms with E-state index in [9.17, 15) is 0 Å². The highest BCUT2D eigenvalue weighted by Gasteiger charge is 2.30. The first-order valence-corrected chi connectivity index (χ1v) is 8.02. The van der Waals surface area contributed by atoms with Crippen molar-refractivity contribution in [3.05, 3.63) is 35.9 Å². The molecule has 4 heteroatoms. The second-order valence-electron chi connectivity index (χ2n) is 6.33. The molecular formula is C17H26N4. The maximum atomic E-state index is 4.34. The molecule has 0 bridgehead atoms. The Hall–Kier alpha value is -1.55. The standard InChI is InChI=1S/C17H26N4/c1-13-10-16(20-17(18-2)19-15-8-9-15)12-21(13)11-14-6-4-3-5-7-14/h3-7,13,15-16H,8-12H2,1-2H3,(H2,18,19,20). The molecule has 3 rings (SSSR count). The fourth-order valence-electron chi connectivity index (χ4n) is 3.03. The molecule has 2 fully saturated rings. The molecule has 0 spiro atoms. The smallest absolute Gasteiger partial charge is 0.191 e. The molecule has 0 amide bonds. The van der Waals surface area contributed by atoms with Gasteiger partial charge >= 0.3 is 0 Å². The van der Waals surface area contributed by atoms with Crippen LogP contribution in [-0.4, -0.2) is 42.6 Å². The van der Waals surface area contributed by atoms with Crippen LogP contribution in [0.15, 0.2) is 35.3 Å². The zero-order valence-electron chi connectivity index (χ0n) is 13.0. The van der Waals surface area contributed by atoms with Gasteiger partial charge < -0.3 is 10.6 Å². The maximum Gasteiger partial charge on any atom is 0.191 e. The quantitative estimate of drug-likeness (QED) is 0.657. The minimum absolute atomic E-state index is 0.494. The Morgan fingerprint density at radius 3 is 2.57 bits per heavy atom. The molecule has 1 heterocycles. The minimum Gasteiger partial charge on any atom is -0.354 e. The van der Waals surface area contributed by atoms with Gasteiger partial charge in [0.25, 0.3) is 0 Å². The number of likely N-dealkylation sites (tertiary alicyclic amines) is 1. The fraction of sp³-hybridized carbons (Fsp3) is 0.588. The number of nitrogens with zero attached hydrogens (tertiary/aromatic N) is 2. The largest absolute Gasteiger partial charge is 0.354 e. The number of guanidine groups is 1. The number of rotatable bonds is 4. The van der Waals surface area contributed by atoms with Gasteiger partial charge in [0.2, 0.25) is 0 Å². The topological polar surface area (TPSA) is 39.7 Å². The lowest BCUT2D eigenvalue weighted by Crippen LogP contribution is -2.45. The van der Waals surface area contributed by atoms with E-state index < -0.39 is 0 Å². The number of aliphatic imine (C=N–C) groups is 1. The van der Waals surface area contributed by atoms with Crippen molar-refractivity contribution in [2.45, 2.75) is 50.9 Å². The van der Waals surface area contributed by atoms with Crippen LogP contribution in [0.2, 0.25) is 0 Å². The molecular weight excluding hydrogens is 260 g/mol. The molecule has 2 unspecified atom stereocenters. The van der Waals surface area contributed by atoms with Crippen molar-refractivity contribution in [1.29, 1.82) is 0 Å².